The molecule has 1 aliphatic rings. The zero-order chi connectivity index (χ0) is 15.5. The molecule has 1 aromatic carbocycles. The number of para-hydroxylation sites is 1. The van der Waals surface area contributed by atoms with Gasteiger partial charge in [0.05, 0.1) is 12.2 Å². The number of likely N-dealkylation sites (tertiary alicyclic amines) is 1. The number of benzene rings is 1. The quantitative estimate of drug-likeness (QED) is 0.858. The molecule has 0 saturated carbocycles. The normalized spacial score (nSPS) is 18.2. The highest BCUT2D eigenvalue weighted by molar-refractivity contribution is 6.14. The first-order valence-corrected chi connectivity index (χ1v) is 7.50. The number of piperidine rings is 1. The summed E-state index contributed by atoms with van der Waals surface area (Å²) in [5.74, 6) is -0.381. The summed E-state index contributed by atoms with van der Waals surface area (Å²) in [5.41, 5.74) is 0.887. The minimum atomic E-state index is -0.234. The molecule has 4 nitrogen and oxygen atoms in total. The lowest BCUT2D eigenvalue weighted by Crippen LogP contribution is -2.47. The first kappa shape index (κ1) is 15.7. The fourth-order valence-corrected chi connectivity index (χ4v) is 3.02. The summed E-state index contributed by atoms with van der Waals surface area (Å²) in [5, 5.41) is 0. The van der Waals surface area contributed by atoms with Crippen molar-refractivity contribution in [2.75, 3.05) is 24.5 Å². The molecule has 0 spiro atoms. The van der Waals surface area contributed by atoms with Gasteiger partial charge >= 0.3 is 0 Å². The van der Waals surface area contributed by atoms with Gasteiger partial charge in [-0.15, -0.1) is 0 Å². The molecule has 0 radical (unpaired) electrons. The van der Waals surface area contributed by atoms with Crippen LogP contribution < -0.4 is 4.90 Å². The van der Waals surface area contributed by atoms with Crippen molar-refractivity contribution < 1.29 is 9.59 Å². The molecule has 1 saturated heterocycles. The Morgan fingerprint density at radius 2 is 1.90 bits per heavy atom. The Morgan fingerprint density at radius 1 is 1.24 bits per heavy atom. The molecule has 0 aliphatic carbocycles. The van der Waals surface area contributed by atoms with Crippen LogP contribution in [-0.4, -0.2) is 36.3 Å². The molecule has 2 rings (SSSR count). The van der Waals surface area contributed by atoms with Crippen LogP contribution in [0.5, 0.6) is 0 Å². The molecule has 1 fully saturated rings. The first-order chi connectivity index (χ1) is 9.89. The first-order valence-electron chi connectivity index (χ1n) is 7.50. The Labute approximate surface area is 126 Å². The molecular formula is C17H24N2O2. The zero-order valence-corrected chi connectivity index (χ0v) is 13.1. The second kappa shape index (κ2) is 6.39. The molecule has 1 aromatic rings. The number of nitrogens with zero attached hydrogens (tertiary/aromatic N) is 2. The Balaban J connectivity index is 2.08. The maximum Gasteiger partial charge on any atom is 0.247 e. The van der Waals surface area contributed by atoms with Gasteiger partial charge in [-0.1, -0.05) is 32.0 Å². The largest absolute Gasteiger partial charge is 0.294 e. The summed E-state index contributed by atoms with van der Waals surface area (Å²) in [6.07, 6.45) is 2.29. The van der Waals surface area contributed by atoms with Gasteiger partial charge in [-0.05, 0) is 36.9 Å². The van der Waals surface area contributed by atoms with Gasteiger partial charge in [0.25, 0.3) is 0 Å². The van der Waals surface area contributed by atoms with E-state index in [1.54, 1.807) is 12.1 Å². The second-order valence-electron chi connectivity index (χ2n) is 6.56. The van der Waals surface area contributed by atoms with E-state index in [1.807, 2.05) is 18.2 Å². The third-order valence-corrected chi connectivity index (χ3v) is 3.92. The molecule has 0 atom stereocenters. The number of anilines is 1. The van der Waals surface area contributed by atoms with Gasteiger partial charge in [0.15, 0.2) is 0 Å². The van der Waals surface area contributed by atoms with Crippen molar-refractivity contribution in [1.82, 2.24) is 4.90 Å². The highest BCUT2D eigenvalue weighted by Crippen LogP contribution is 2.28. The number of imide groups is 1. The number of hydrogen-bond donors (Lipinski definition) is 0. The lowest BCUT2D eigenvalue weighted by Gasteiger charge is -2.38. The van der Waals surface area contributed by atoms with Crippen molar-refractivity contribution in [2.45, 2.75) is 33.6 Å². The van der Waals surface area contributed by atoms with Gasteiger partial charge in [-0.2, -0.15) is 0 Å². The molecule has 0 aromatic heterocycles. The fourth-order valence-electron chi connectivity index (χ4n) is 3.02. The molecular weight excluding hydrogens is 264 g/mol. The van der Waals surface area contributed by atoms with Crippen molar-refractivity contribution in [3.8, 4) is 0 Å². The molecule has 4 heteroatoms. The van der Waals surface area contributed by atoms with Crippen LogP contribution in [0.1, 0.15) is 33.6 Å². The summed E-state index contributed by atoms with van der Waals surface area (Å²) in [7, 11) is 0. The van der Waals surface area contributed by atoms with Crippen LogP contribution in [0, 0.1) is 5.41 Å². The number of carbonyl (C=O) groups excluding carboxylic acids is 2. The van der Waals surface area contributed by atoms with Crippen molar-refractivity contribution >= 4 is 17.5 Å². The van der Waals surface area contributed by atoms with Gasteiger partial charge in [-0.3, -0.25) is 14.5 Å². The zero-order valence-electron chi connectivity index (χ0n) is 13.1. The Kier molecular flexibility index (Phi) is 4.78. The molecule has 1 heterocycles. The van der Waals surface area contributed by atoms with Crippen LogP contribution in [-0.2, 0) is 9.59 Å². The van der Waals surface area contributed by atoms with E-state index in [9.17, 15) is 9.59 Å². The van der Waals surface area contributed by atoms with Gasteiger partial charge in [0.2, 0.25) is 11.8 Å². The lowest BCUT2D eigenvalue weighted by molar-refractivity contribution is -0.126. The Hall–Kier alpha value is -1.68. The van der Waals surface area contributed by atoms with Crippen molar-refractivity contribution in [1.29, 1.82) is 0 Å². The maximum absolute atomic E-state index is 12.5. The molecule has 0 N–H and O–H groups in total. The topological polar surface area (TPSA) is 40.6 Å². The summed E-state index contributed by atoms with van der Waals surface area (Å²) in [4.78, 5) is 27.8. The third-order valence-electron chi connectivity index (χ3n) is 3.92. The fraction of sp³-hybridized carbons (Fsp3) is 0.529. The minimum absolute atomic E-state index is 0.147. The molecule has 2 amide bonds. The van der Waals surface area contributed by atoms with Gasteiger partial charge < -0.3 is 0 Å². The van der Waals surface area contributed by atoms with Crippen LogP contribution in [0.4, 0.5) is 5.69 Å². The smallest absolute Gasteiger partial charge is 0.247 e. The summed E-state index contributed by atoms with van der Waals surface area (Å²) >= 11 is 0. The SMILES string of the molecule is CC(=O)N(C(=O)CN1CCCC(C)(C)C1)c1ccccc1. The van der Waals surface area contributed by atoms with Crippen molar-refractivity contribution in [3.05, 3.63) is 30.3 Å². The highest BCUT2D eigenvalue weighted by atomic mass is 16.2. The number of hydrogen-bond acceptors (Lipinski definition) is 3. The summed E-state index contributed by atoms with van der Waals surface area (Å²) in [6.45, 7) is 8.02. The van der Waals surface area contributed by atoms with Crippen LogP contribution in [0.25, 0.3) is 0 Å². The van der Waals surface area contributed by atoms with E-state index in [4.69, 9.17) is 0 Å². The third kappa shape index (κ3) is 4.14. The minimum Gasteiger partial charge on any atom is -0.294 e. The predicted octanol–water partition coefficient (Wildman–Crippen LogP) is 2.69. The summed E-state index contributed by atoms with van der Waals surface area (Å²) in [6, 6.07) is 9.13. The highest BCUT2D eigenvalue weighted by Gasteiger charge is 2.29. The van der Waals surface area contributed by atoms with Crippen LogP contribution in [0.3, 0.4) is 0 Å². The van der Waals surface area contributed by atoms with E-state index >= 15 is 0 Å². The number of amides is 2. The van der Waals surface area contributed by atoms with Crippen LogP contribution >= 0.6 is 0 Å². The van der Waals surface area contributed by atoms with Gasteiger partial charge in [0, 0.05) is 13.5 Å². The predicted molar refractivity (Wildman–Crippen MR) is 84.1 cm³/mol. The lowest BCUT2D eigenvalue weighted by atomic mass is 9.84. The molecule has 0 unspecified atom stereocenters. The number of carbonyl (C=O) groups is 2. The van der Waals surface area contributed by atoms with Gasteiger partial charge in [0.1, 0.15) is 0 Å². The standard InChI is InChI=1S/C17H24N2O2/c1-14(20)19(15-8-5-4-6-9-15)16(21)12-18-11-7-10-17(2,3)13-18/h4-6,8-9H,7,10-13H2,1-3H3. The number of rotatable bonds is 3. The Morgan fingerprint density at radius 3 is 2.48 bits per heavy atom. The Bertz CT molecular complexity index is 511. The van der Waals surface area contributed by atoms with E-state index in [0.29, 0.717) is 12.2 Å². The van der Waals surface area contributed by atoms with E-state index in [-0.39, 0.29) is 17.2 Å². The summed E-state index contributed by atoms with van der Waals surface area (Å²) < 4.78 is 0. The van der Waals surface area contributed by atoms with Crippen molar-refractivity contribution in [3.63, 3.8) is 0 Å². The van der Waals surface area contributed by atoms with E-state index in [1.165, 1.54) is 18.2 Å². The average molecular weight is 288 g/mol. The molecule has 114 valence electrons. The van der Waals surface area contributed by atoms with Crippen LogP contribution in [0.2, 0.25) is 0 Å². The monoisotopic (exact) mass is 288 g/mol. The van der Waals surface area contributed by atoms with E-state index in [2.05, 4.69) is 18.7 Å². The van der Waals surface area contributed by atoms with Crippen molar-refractivity contribution in [2.24, 2.45) is 5.41 Å². The van der Waals surface area contributed by atoms with Gasteiger partial charge in [-0.25, -0.2) is 4.90 Å². The average Bonchev–Trinajstić information content (AvgIpc) is 2.38. The molecule has 0 bridgehead atoms. The van der Waals surface area contributed by atoms with E-state index in [0.717, 1.165) is 19.5 Å². The second-order valence-corrected chi connectivity index (χ2v) is 6.56. The molecule has 1 aliphatic heterocycles. The van der Waals surface area contributed by atoms with E-state index < -0.39 is 0 Å². The van der Waals surface area contributed by atoms with Crippen LogP contribution in [0.15, 0.2) is 30.3 Å². The maximum atomic E-state index is 12.5. The molecule has 21 heavy (non-hydrogen) atoms.